The first-order valence-electron chi connectivity index (χ1n) is 3.65. The lowest BCUT2D eigenvalue weighted by molar-refractivity contribution is -0.190. The predicted molar refractivity (Wildman–Crippen MR) is 47.6 cm³/mol. The highest BCUT2D eigenvalue weighted by Crippen LogP contribution is 1.97. The van der Waals surface area contributed by atoms with Crippen LogP contribution in [0.2, 0.25) is 0 Å². The minimum Gasteiger partial charge on any atom is -0.337 e. The van der Waals surface area contributed by atoms with E-state index in [9.17, 15) is 9.59 Å². The SMILES string of the molecule is CCCC(=O)N(C)OC(=O)CBr. The van der Waals surface area contributed by atoms with E-state index in [4.69, 9.17) is 0 Å². The standard InChI is InChI=1S/C7H12BrNO3/c1-3-4-6(10)9(2)12-7(11)5-8/h3-5H2,1-2H3. The number of nitrogens with zero attached hydrogens (tertiary/aromatic N) is 1. The van der Waals surface area contributed by atoms with E-state index in [1.807, 2.05) is 6.92 Å². The first-order chi connectivity index (χ1) is 5.61. The fourth-order valence-electron chi connectivity index (χ4n) is 0.599. The molecule has 0 aliphatic rings. The number of rotatable bonds is 3. The Bertz CT molecular complexity index is 172. The number of hydrogen-bond donors (Lipinski definition) is 0. The molecule has 70 valence electrons. The van der Waals surface area contributed by atoms with E-state index < -0.39 is 5.97 Å². The van der Waals surface area contributed by atoms with Crippen molar-refractivity contribution in [3.8, 4) is 0 Å². The molecule has 0 fully saturated rings. The number of carbonyl (C=O) groups excluding carboxylic acids is 2. The van der Waals surface area contributed by atoms with Gasteiger partial charge in [0.05, 0.1) is 0 Å². The molecule has 0 spiro atoms. The molecule has 0 unspecified atom stereocenters. The smallest absolute Gasteiger partial charge is 0.337 e. The summed E-state index contributed by atoms with van der Waals surface area (Å²) in [6, 6.07) is 0. The maximum absolute atomic E-state index is 11.0. The van der Waals surface area contributed by atoms with Crippen LogP contribution in [0.5, 0.6) is 0 Å². The first kappa shape index (κ1) is 11.4. The molecule has 0 aliphatic heterocycles. The zero-order chi connectivity index (χ0) is 9.56. The van der Waals surface area contributed by atoms with Crippen LogP contribution in [0.3, 0.4) is 0 Å². The highest BCUT2D eigenvalue weighted by molar-refractivity contribution is 9.09. The average molecular weight is 238 g/mol. The van der Waals surface area contributed by atoms with Crippen molar-refractivity contribution in [3.63, 3.8) is 0 Å². The van der Waals surface area contributed by atoms with Crippen LogP contribution in [0, 0.1) is 0 Å². The molecule has 0 aromatic rings. The molecule has 0 aromatic carbocycles. The van der Waals surface area contributed by atoms with Gasteiger partial charge in [0.1, 0.15) is 5.33 Å². The molecule has 0 bridgehead atoms. The average Bonchev–Trinajstić information content (AvgIpc) is 2.04. The summed E-state index contributed by atoms with van der Waals surface area (Å²) >= 11 is 2.92. The normalized spacial score (nSPS) is 9.25. The lowest BCUT2D eigenvalue weighted by atomic mass is 10.3. The van der Waals surface area contributed by atoms with E-state index in [0.717, 1.165) is 11.5 Å². The molecule has 5 heteroatoms. The molecule has 0 aromatic heterocycles. The topological polar surface area (TPSA) is 46.6 Å². The molecule has 12 heavy (non-hydrogen) atoms. The van der Waals surface area contributed by atoms with Crippen LogP contribution in [-0.4, -0.2) is 29.3 Å². The molecule has 4 nitrogen and oxygen atoms in total. The van der Waals surface area contributed by atoms with Crippen molar-refractivity contribution in [3.05, 3.63) is 0 Å². The highest BCUT2D eigenvalue weighted by atomic mass is 79.9. The molecule has 0 atom stereocenters. The zero-order valence-corrected chi connectivity index (χ0v) is 8.76. The van der Waals surface area contributed by atoms with Gasteiger partial charge in [-0.25, -0.2) is 4.79 Å². The molecule has 0 saturated carbocycles. The summed E-state index contributed by atoms with van der Waals surface area (Å²) in [5, 5.41) is 1.06. The van der Waals surface area contributed by atoms with Gasteiger partial charge in [0.25, 0.3) is 5.91 Å². The second-order valence-corrected chi connectivity index (χ2v) is 2.80. The molecule has 1 amide bonds. The quantitative estimate of drug-likeness (QED) is 0.546. The highest BCUT2D eigenvalue weighted by Gasteiger charge is 2.11. The monoisotopic (exact) mass is 237 g/mol. The van der Waals surface area contributed by atoms with Gasteiger partial charge in [-0.3, -0.25) is 4.79 Å². The Labute approximate surface area is 79.9 Å². The van der Waals surface area contributed by atoms with Gasteiger partial charge in [-0.15, -0.1) is 0 Å². The molecule has 0 N–H and O–H groups in total. The van der Waals surface area contributed by atoms with Gasteiger partial charge >= 0.3 is 5.97 Å². The van der Waals surface area contributed by atoms with Crippen LogP contribution >= 0.6 is 15.9 Å². The second-order valence-electron chi connectivity index (χ2n) is 2.24. The predicted octanol–water partition coefficient (Wildman–Crippen LogP) is 1.10. The van der Waals surface area contributed by atoms with Gasteiger partial charge in [0.15, 0.2) is 0 Å². The zero-order valence-electron chi connectivity index (χ0n) is 7.17. The summed E-state index contributed by atoms with van der Waals surface area (Å²) in [6.45, 7) is 1.89. The van der Waals surface area contributed by atoms with E-state index in [2.05, 4.69) is 20.8 Å². The van der Waals surface area contributed by atoms with Crippen LogP contribution in [-0.2, 0) is 14.4 Å². The van der Waals surface area contributed by atoms with Crippen molar-refractivity contribution in [1.82, 2.24) is 5.06 Å². The number of halogens is 1. The summed E-state index contributed by atoms with van der Waals surface area (Å²) in [5.74, 6) is -0.659. The van der Waals surface area contributed by atoms with E-state index in [0.29, 0.717) is 6.42 Å². The Morgan fingerprint density at radius 1 is 1.50 bits per heavy atom. The second kappa shape index (κ2) is 5.99. The third kappa shape index (κ3) is 4.33. The third-order valence-corrected chi connectivity index (χ3v) is 1.62. The molecule has 0 heterocycles. The molecular formula is C7H12BrNO3. The van der Waals surface area contributed by atoms with Crippen LogP contribution in [0.15, 0.2) is 0 Å². The van der Waals surface area contributed by atoms with E-state index in [1.165, 1.54) is 7.05 Å². The Kier molecular flexibility index (Phi) is 5.70. The molecule has 0 saturated heterocycles. The van der Waals surface area contributed by atoms with Crippen molar-refractivity contribution < 1.29 is 14.4 Å². The molecular weight excluding hydrogens is 226 g/mol. The fraction of sp³-hybridized carbons (Fsp3) is 0.714. The van der Waals surface area contributed by atoms with E-state index >= 15 is 0 Å². The third-order valence-electron chi connectivity index (χ3n) is 1.16. The van der Waals surface area contributed by atoms with Gasteiger partial charge in [-0.1, -0.05) is 22.9 Å². The Morgan fingerprint density at radius 3 is 2.50 bits per heavy atom. The van der Waals surface area contributed by atoms with Gasteiger partial charge in [-0.2, -0.15) is 5.06 Å². The van der Waals surface area contributed by atoms with E-state index in [-0.39, 0.29) is 11.2 Å². The molecule has 0 radical (unpaired) electrons. The van der Waals surface area contributed by atoms with E-state index in [1.54, 1.807) is 0 Å². The number of hydrogen-bond acceptors (Lipinski definition) is 3. The van der Waals surface area contributed by atoms with Crippen LogP contribution in [0.4, 0.5) is 0 Å². The Morgan fingerprint density at radius 2 is 2.08 bits per heavy atom. The van der Waals surface area contributed by atoms with Crippen LogP contribution < -0.4 is 0 Å². The number of alkyl halides is 1. The summed E-state index contributed by atoms with van der Waals surface area (Å²) in [7, 11) is 1.43. The first-order valence-corrected chi connectivity index (χ1v) is 4.77. The summed E-state index contributed by atoms with van der Waals surface area (Å²) < 4.78 is 0. The van der Waals surface area contributed by atoms with Crippen molar-refractivity contribution in [1.29, 1.82) is 0 Å². The van der Waals surface area contributed by atoms with Crippen LogP contribution in [0.1, 0.15) is 19.8 Å². The van der Waals surface area contributed by atoms with Crippen molar-refractivity contribution >= 4 is 27.8 Å². The van der Waals surface area contributed by atoms with Crippen LogP contribution in [0.25, 0.3) is 0 Å². The maximum Gasteiger partial charge on any atom is 0.342 e. The van der Waals surface area contributed by atoms with Gasteiger partial charge < -0.3 is 4.84 Å². The van der Waals surface area contributed by atoms with Gasteiger partial charge in [-0.05, 0) is 6.42 Å². The largest absolute Gasteiger partial charge is 0.342 e. The minimum atomic E-state index is -0.470. The summed E-state index contributed by atoms with van der Waals surface area (Å²) in [4.78, 5) is 26.3. The Balaban J connectivity index is 3.78. The molecule has 0 rings (SSSR count). The summed E-state index contributed by atoms with van der Waals surface area (Å²) in [6.07, 6.45) is 1.14. The Hall–Kier alpha value is -0.580. The van der Waals surface area contributed by atoms with Gasteiger partial charge in [0.2, 0.25) is 0 Å². The number of amides is 1. The number of hydroxylamine groups is 2. The van der Waals surface area contributed by atoms with Crippen molar-refractivity contribution in [2.45, 2.75) is 19.8 Å². The number of carbonyl (C=O) groups is 2. The van der Waals surface area contributed by atoms with Gasteiger partial charge in [0, 0.05) is 13.5 Å². The fourth-order valence-corrected chi connectivity index (χ4v) is 0.702. The van der Waals surface area contributed by atoms with Crippen molar-refractivity contribution in [2.75, 3.05) is 12.4 Å². The maximum atomic E-state index is 11.0. The molecule has 0 aliphatic carbocycles. The lowest BCUT2D eigenvalue weighted by Crippen LogP contribution is -2.29. The summed E-state index contributed by atoms with van der Waals surface area (Å²) in [5.41, 5.74) is 0. The lowest BCUT2D eigenvalue weighted by Gasteiger charge is -2.14. The minimum absolute atomic E-state index is 0.0940. The van der Waals surface area contributed by atoms with Crippen molar-refractivity contribution in [2.24, 2.45) is 0 Å².